The van der Waals surface area contributed by atoms with Crippen LogP contribution in [0.5, 0.6) is 17.2 Å². The van der Waals surface area contributed by atoms with Crippen molar-refractivity contribution in [3.05, 3.63) is 53.6 Å². The summed E-state index contributed by atoms with van der Waals surface area (Å²) >= 11 is 0. The van der Waals surface area contributed by atoms with Gasteiger partial charge in [0, 0.05) is 39.5 Å². The highest BCUT2D eigenvalue weighted by Gasteiger charge is 2.35. The number of hydrogen-bond donors (Lipinski definition) is 0. The minimum Gasteiger partial charge on any atom is -0.497 e. The number of fused-ring (bicyclic) bond motifs is 1. The number of nitrogens with zero attached hydrogens (tertiary/aromatic N) is 4. The Bertz CT molecular complexity index is 1110. The van der Waals surface area contributed by atoms with Gasteiger partial charge >= 0.3 is 0 Å². The smallest absolute Gasteiger partial charge is 0.257 e. The van der Waals surface area contributed by atoms with Crippen LogP contribution < -0.4 is 14.2 Å². The largest absolute Gasteiger partial charge is 0.497 e. The normalized spacial score (nSPS) is 19.8. The van der Waals surface area contributed by atoms with Crippen molar-refractivity contribution in [2.24, 2.45) is 5.10 Å². The van der Waals surface area contributed by atoms with E-state index >= 15 is 0 Å². The Kier molecular flexibility index (Phi) is 6.10. The number of carbonyl (C=O) groups excluding carboxylic acids is 2. The number of carbonyl (C=O) groups is 2. The van der Waals surface area contributed by atoms with Gasteiger partial charge in [0.05, 0.1) is 25.4 Å². The molecule has 0 unspecified atom stereocenters. The lowest BCUT2D eigenvalue weighted by atomic mass is 9.98. The lowest BCUT2D eigenvalue weighted by molar-refractivity contribution is -0.135. The Labute approximate surface area is 198 Å². The minimum atomic E-state index is -0.238. The maximum Gasteiger partial charge on any atom is 0.257 e. The number of hydrogen-bond acceptors (Lipinski definition) is 7. The Morgan fingerprint density at radius 3 is 2.47 bits per heavy atom. The average Bonchev–Trinajstić information content (AvgIpc) is 3.51. The summed E-state index contributed by atoms with van der Waals surface area (Å²) in [6, 6.07) is 13.3. The Balaban J connectivity index is 1.37. The van der Waals surface area contributed by atoms with Crippen molar-refractivity contribution in [2.75, 3.05) is 46.6 Å². The molecule has 2 amide bonds. The average molecular weight is 465 g/mol. The van der Waals surface area contributed by atoms with Crippen molar-refractivity contribution >= 4 is 17.5 Å². The molecule has 0 radical (unpaired) electrons. The van der Waals surface area contributed by atoms with Crippen molar-refractivity contribution in [3.63, 3.8) is 0 Å². The number of piperazine rings is 1. The SMILES string of the molecule is COc1ccc(C2=NN(C(=O)CN3CCN(C(C)=O)CC3)[C@@H](c3ccc4c(c3)OCO4)C2)cc1. The molecule has 0 aromatic heterocycles. The van der Waals surface area contributed by atoms with Crippen LogP contribution >= 0.6 is 0 Å². The van der Waals surface area contributed by atoms with Crippen LogP contribution in [0.25, 0.3) is 0 Å². The van der Waals surface area contributed by atoms with Crippen molar-refractivity contribution in [1.29, 1.82) is 0 Å². The molecule has 1 saturated heterocycles. The van der Waals surface area contributed by atoms with Crippen molar-refractivity contribution in [1.82, 2.24) is 14.8 Å². The third-order valence-corrected chi connectivity index (χ3v) is 6.55. The van der Waals surface area contributed by atoms with E-state index in [2.05, 4.69) is 4.90 Å². The fraction of sp³-hybridized carbons (Fsp3) is 0.400. The zero-order valence-electron chi connectivity index (χ0n) is 19.4. The van der Waals surface area contributed by atoms with Gasteiger partial charge in [-0.15, -0.1) is 0 Å². The summed E-state index contributed by atoms with van der Waals surface area (Å²) in [5, 5.41) is 6.38. The van der Waals surface area contributed by atoms with Crippen molar-refractivity contribution < 1.29 is 23.8 Å². The van der Waals surface area contributed by atoms with Crippen LogP contribution in [-0.4, -0.2) is 79.0 Å². The summed E-state index contributed by atoms with van der Waals surface area (Å²) in [7, 11) is 1.63. The topological polar surface area (TPSA) is 83.9 Å². The molecule has 3 aliphatic heterocycles. The molecule has 1 fully saturated rings. The quantitative estimate of drug-likeness (QED) is 0.675. The monoisotopic (exact) mass is 464 g/mol. The van der Waals surface area contributed by atoms with E-state index in [9.17, 15) is 9.59 Å². The van der Waals surface area contributed by atoms with E-state index in [-0.39, 0.29) is 31.2 Å². The summed E-state index contributed by atoms with van der Waals surface area (Å²) < 4.78 is 16.3. The van der Waals surface area contributed by atoms with E-state index in [0.717, 1.165) is 22.6 Å². The summed E-state index contributed by atoms with van der Waals surface area (Å²) in [5.74, 6) is 2.17. The van der Waals surface area contributed by atoms with Crippen LogP contribution in [0.4, 0.5) is 0 Å². The molecule has 0 saturated carbocycles. The maximum absolute atomic E-state index is 13.4. The molecule has 1 atom stereocenters. The molecule has 3 heterocycles. The lowest BCUT2D eigenvalue weighted by Gasteiger charge is -2.34. The molecular weight excluding hydrogens is 436 g/mol. The van der Waals surface area contributed by atoms with E-state index in [1.165, 1.54) is 0 Å². The van der Waals surface area contributed by atoms with E-state index in [1.54, 1.807) is 19.0 Å². The van der Waals surface area contributed by atoms with Crippen LogP contribution in [0.15, 0.2) is 47.6 Å². The van der Waals surface area contributed by atoms with Gasteiger partial charge < -0.3 is 19.1 Å². The molecule has 9 heteroatoms. The van der Waals surface area contributed by atoms with E-state index in [4.69, 9.17) is 19.3 Å². The molecule has 0 aliphatic carbocycles. The molecule has 0 N–H and O–H groups in total. The van der Waals surface area contributed by atoms with Gasteiger partial charge in [-0.1, -0.05) is 6.07 Å². The first-order chi connectivity index (χ1) is 16.5. The van der Waals surface area contributed by atoms with Gasteiger partial charge in [0.25, 0.3) is 5.91 Å². The van der Waals surface area contributed by atoms with Gasteiger partial charge in [0.1, 0.15) is 5.75 Å². The molecule has 5 rings (SSSR count). The van der Waals surface area contributed by atoms with Crippen LogP contribution in [0, 0.1) is 0 Å². The number of ether oxygens (including phenoxy) is 3. The lowest BCUT2D eigenvalue weighted by Crippen LogP contribution is -2.50. The number of rotatable bonds is 5. The summed E-state index contributed by atoms with van der Waals surface area (Å²) in [5.41, 5.74) is 2.75. The third kappa shape index (κ3) is 4.43. The summed E-state index contributed by atoms with van der Waals surface area (Å²) in [6.45, 7) is 4.64. The standard InChI is InChI=1S/C25H28N4O5/c1-17(30)28-11-9-27(10-12-28)15-25(31)29-22(19-5-8-23-24(13-19)34-16-33-23)14-21(26-29)18-3-6-20(32-2)7-4-18/h3-8,13,22H,9-12,14-16H2,1-2H3/t22-/m1/s1. The summed E-state index contributed by atoms with van der Waals surface area (Å²) in [4.78, 5) is 29.0. The Morgan fingerprint density at radius 1 is 1.03 bits per heavy atom. The number of benzene rings is 2. The second kappa shape index (κ2) is 9.34. The molecule has 34 heavy (non-hydrogen) atoms. The van der Waals surface area contributed by atoms with Gasteiger partial charge in [-0.05, 0) is 47.5 Å². The molecule has 0 bridgehead atoms. The summed E-state index contributed by atoms with van der Waals surface area (Å²) in [6.07, 6.45) is 0.593. The van der Waals surface area contributed by atoms with Crippen LogP contribution in [0.2, 0.25) is 0 Å². The van der Waals surface area contributed by atoms with Crippen LogP contribution in [-0.2, 0) is 9.59 Å². The molecule has 9 nitrogen and oxygen atoms in total. The second-order valence-electron chi connectivity index (χ2n) is 8.63. The maximum atomic E-state index is 13.4. The zero-order chi connectivity index (χ0) is 23.7. The molecule has 3 aliphatic rings. The van der Waals surface area contributed by atoms with E-state index in [0.29, 0.717) is 44.1 Å². The molecule has 178 valence electrons. The van der Waals surface area contributed by atoms with Crippen LogP contribution in [0.1, 0.15) is 30.5 Å². The van der Waals surface area contributed by atoms with Gasteiger partial charge in [-0.3, -0.25) is 14.5 Å². The highest BCUT2D eigenvalue weighted by atomic mass is 16.7. The van der Waals surface area contributed by atoms with Gasteiger partial charge in [0.2, 0.25) is 12.7 Å². The molecular formula is C25H28N4O5. The van der Waals surface area contributed by atoms with E-state index in [1.807, 2.05) is 47.4 Å². The molecule has 2 aromatic carbocycles. The zero-order valence-corrected chi connectivity index (χ0v) is 19.4. The fourth-order valence-electron chi connectivity index (χ4n) is 4.56. The first-order valence-corrected chi connectivity index (χ1v) is 11.4. The van der Waals surface area contributed by atoms with Crippen molar-refractivity contribution in [2.45, 2.75) is 19.4 Å². The van der Waals surface area contributed by atoms with Crippen molar-refractivity contribution in [3.8, 4) is 17.2 Å². The first-order valence-electron chi connectivity index (χ1n) is 11.4. The highest BCUT2D eigenvalue weighted by Crippen LogP contribution is 2.39. The second-order valence-corrected chi connectivity index (χ2v) is 8.63. The predicted molar refractivity (Wildman–Crippen MR) is 125 cm³/mol. The van der Waals surface area contributed by atoms with E-state index < -0.39 is 0 Å². The van der Waals surface area contributed by atoms with Gasteiger partial charge in [-0.2, -0.15) is 5.10 Å². The van der Waals surface area contributed by atoms with Gasteiger partial charge in [-0.25, -0.2) is 5.01 Å². The highest BCUT2D eigenvalue weighted by molar-refractivity contribution is 6.03. The minimum absolute atomic E-state index is 0.0672. The Hall–Kier alpha value is -3.59. The Morgan fingerprint density at radius 2 is 1.76 bits per heavy atom. The fourth-order valence-corrected chi connectivity index (χ4v) is 4.56. The molecule has 2 aromatic rings. The number of methoxy groups -OCH3 is 1. The molecule has 0 spiro atoms. The first kappa shape index (κ1) is 22.2. The third-order valence-electron chi connectivity index (χ3n) is 6.55. The number of hydrazone groups is 1. The van der Waals surface area contributed by atoms with Crippen LogP contribution in [0.3, 0.4) is 0 Å². The number of amides is 2. The van der Waals surface area contributed by atoms with Gasteiger partial charge in [0.15, 0.2) is 11.5 Å². The predicted octanol–water partition coefficient (Wildman–Crippen LogP) is 2.27.